The maximum absolute atomic E-state index is 12.1. The molecule has 1 aromatic rings. The number of Topliss-reactive ketones (excluding diaryl/α,β-unsaturated/α-hetero) is 1. The minimum absolute atomic E-state index is 0.344. The topological polar surface area (TPSA) is 26.3 Å². The number of carbonyl (C=O) groups excluding carboxylic acids is 1. The molecule has 1 aliphatic rings. The summed E-state index contributed by atoms with van der Waals surface area (Å²) in [6.45, 7) is 0. The summed E-state index contributed by atoms with van der Waals surface area (Å²) >= 11 is 2.00. The van der Waals surface area contributed by atoms with Crippen LogP contribution in [0.1, 0.15) is 24.8 Å². The van der Waals surface area contributed by atoms with Crippen molar-refractivity contribution >= 4 is 17.5 Å². The van der Waals surface area contributed by atoms with E-state index in [1.165, 1.54) is 24.3 Å². The second-order valence-corrected chi connectivity index (χ2v) is 6.01. The highest BCUT2D eigenvalue weighted by molar-refractivity contribution is 7.99. The van der Waals surface area contributed by atoms with Crippen LogP contribution in [-0.2, 0) is 11.2 Å². The Morgan fingerprint density at radius 2 is 2.06 bits per heavy atom. The Labute approximate surface area is 113 Å². The van der Waals surface area contributed by atoms with Gasteiger partial charge in [-0.1, -0.05) is 18.2 Å². The molecule has 1 aliphatic heterocycles. The number of ketones is 1. The van der Waals surface area contributed by atoms with Gasteiger partial charge in [-0.15, -0.1) is 0 Å². The molecule has 0 spiro atoms. The molecule has 0 saturated carbocycles. The van der Waals surface area contributed by atoms with Crippen LogP contribution in [0.4, 0.5) is 0 Å². The van der Waals surface area contributed by atoms with Gasteiger partial charge in [-0.3, -0.25) is 4.79 Å². The minimum Gasteiger partial charge on any atom is -0.496 e. The van der Waals surface area contributed by atoms with Gasteiger partial charge in [0.15, 0.2) is 0 Å². The van der Waals surface area contributed by atoms with Crippen LogP contribution in [-0.4, -0.2) is 24.4 Å². The summed E-state index contributed by atoms with van der Waals surface area (Å²) in [5, 5.41) is 0. The number of hydrogen-bond acceptors (Lipinski definition) is 3. The predicted molar refractivity (Wildman–Crippen MR) is 76.4 cm³/mol. The number of rotatable bonds is 5. The third kappa shape index (κ3) is 3.77. The monoisotopic (exact) mass is 264 g/mol. The lowest BCUT2D eigenvalue weighted by molar-refractivity contribution is -0.119. The molecule has 2 rings (SSSR count). The average molecular weight is 264 g/mol. The fourth-order valence-corrected chi connectivity index (χ4v) is 3.61. The molecule has 1 heterocycles. The Morgan fingerprint density at radius 3 is 2.78 bits per heavy atom. The van der Waals surface area contributed by atoms with Crippen LogP contribution in [0.3, 0.4) is 0 Å². The number of thioether (sulfide) groups is 1. The molecule has 3 heteroatoms. The van der Waals surface area contributed by atoms with E-state index in [4.69, 9.17) is 4.74 Å². The lowest BCUT2D eigenvalue weighted by atomic mass is 9.93. The first-order valence-electron chi connectivity index (χ1n) is 6.51. The van der Waals surface area contributed by atoms with Gasteiger partial charge in [0.25, 0.3) is 0 Å². The fraction of sp³-hybridized carbons (Fsp3) is 0.533. The van der Waals surface area contributed by atoms with Gasteiger partial charge in [0, 0.05) is 18.4 Å². The maximum atomic E-state index is 12.1. The lowest BCUT2D eigenvalue weighted by Gasteiger charge is -2.20. The number of benzene rings is 1. The third-order valence-corrected chi connectivity index (χ3v) is 4.49. The molecule has 0 unspecified atom stereocenters. The molecule has 0 aromatic heterocycles. The Bertz CT molecular complexity index is 397. The molecule has 2 nitrogen and oxygen atoms in total. The summed E-state index contributed by atoms with van der Waals surface area (Å²) in [5.41, 5.74) is 1.01. The highest BCUT2D eigenvalue weighted by Gasteiger charge is 2.18. The van der Waals surface area contributed by atoms with E-state index in [0.29, 0.717) is 18.1 Å². The first-order chi connectivity index (χ1) is 8.79. The molecule has 1 saturated heterocycles. The molecule has 0 radical (unpaired) electrons. The molecule has 0 N–H and O–H groups in total. The molecular weight excluding hydrogens is 244 g/mol. The minimum atomic E-state index is 0.344. The van der Waals surface area contributed by atoms with Crippen molar-refractivity contribution in [3.05, 3.63) is 29.8 Å². The molecule has 1 aromatic carbocycles. The number of para-hydroxylation sites is 1. The smallest absolute Gasteiger partial charge is 0.137 e. The van der Waals surface area contributed by atoms with Gasteiger partial charge in [0.2, 0.25) is 0 Å². The van der Waals surface area contributed by atoms with Crippen molar-refractivity contribution in [1.82, 2.24) is 0 Å². The van der Waals surface area contributed by atoms with E-state index in [1.54, 1.807) is 7.11 Å². The summed E-state index contributed by atoms with van der Waals surface area (Å²) < 4.78 is 5.28. The van der Waals surface area contributed by atoms with Gasteiger partial charge >= 0.3 is 0 Å². The Hall–Kier alpha value is -0.960. The van der Waals surface area contributed by atoms with Gasteiger partial charge in [-0.25, -0.2) is 0 Å². The van der Waals surface area contributed by atoms with Gasteiger partial charge in [0.1, 0.15) is 11.5 Å². The third-order valence-electron chi connectivity index (χ3n) is 3.44. The second kappa shape index (κ2) is 6.83. The second-order valence-electron chi connectivity index (χ2n) is 4.79. The molecule has 0 atom stereocenters. The molecule has 0 aliphatic carbocycles. The quantitative estimate of drug-likeness (QED) is 0.816. The van der Waals surface area contributed by atoms with E-state index in [1.807, 2.05) is 36.0 Å². The molecule has 18 heavy (non-hydrogen) atoms. The molecule has 98 valence electrons. The van der Waals surface area contributed by atoms with Crippen LogP contribution in [0.5, 0.6) is 5.75 Å². The normalized spacial score (nSPS) is 16.5. The fourth-order valence-electron chi connectivity index (χ4n) is 2.41. The van der Waals surface area contributed by atoms with Crippen LogP contribution >= 0.6 is 11.8 Å². The van der Waals surface area contributed by atoms with Crippen LogP contribution in [0.15, 0.2) is 24.3 Å². The first-order valence-corrected chi connectivity index (χ1v) is 7.66. The highest BCUT2D eigenvalue weighted by atomic mass is 32.2. The summed E-state index contributed by atoms with van der Waals surface area (Å²) in [5.74, 6) is 4.20. The SMILES string of the molecule is COc1ccccc1CC(=O)CC1CCSCC1. The van der Waals surface area contributed by atoms with E-state index in [9.17, 15) is 4.79 Å². The predicted octanol–water partition coefficient (Wildman–Crippen LogP) is 3.34. The van der Waals surface area contributed by atoms with E-state index in [-0.39, 0.29) is 0 Å². The van der Waals surface area contributed by atoms with Crippen molar-refractivity contribution in [1.29, 1.82) is 0 Å². The van der Waals surface area contributed by atoms with E-state index >= 15 is 0 Å². The van der Waals surface area contributed by atoms with E-state index < -0.39 is 0 Å². The van der Waals surface area contributed by atoms with Crippen molar-refractivity contribution in [2.75, 3.05) is 18.6 Å². The van der Waals surface area contributed by atoms with Crippen molar-refractivity contribution in [2.24, 2.45) is 5.92 Å². The summed E-state index contributed by atoms with van der Waals surface area (Å²) in [6, 6.07) is 7.79. The van der Waals surface area contributed by atoms with Crippen molar-refractivity contribution in [2.45, 2.75) is 25.7 Å². The summed E-state index contributed by atoms with van der Waals surface area (Å²) in [6.07, 6.45) is 3.64. The Kier molecular flexibility index (Phi) is 5.12. The Balaban J connectivity index is 1.90. The standard InChI is InChI=1S/C15H20O2S/c1-17-15-5-3-2-4-13(15)11-14(16)10-12-6-8-18-9-7-12/h2-5,12H,6-11H2,1H3. The zero-order chi connectivity index (χ0) is 12.8. The number of hydrogen-bond donors (Lipinski definition) is 0. The number of methoxy groups -OCH3 is 1. The lowest BCUT2D eigenvalue weighted by Crippen LogP contribution is -2.15. The van der Waals surface area contributed by atoms with Gasteiger partial charge < -0.3 is 4.74 Å². The number of carbonyl (C=O) groups is 1. The van der Waals surface area contributed by atoms with Crippen LogP contribution in [0, 0.1) is 5.92 Å². The van der Waals surface area contributed by atoms with Gasteiger partial charge in [-0.05, 0) is 36.3 Å². The number of ether oxygens (including phenoxy) is 1. The van der Waals surface area contributed by atoms with Gasteiger partial charge in [0.05, 0.1) is 7.11 Å². The average Bonchev–Trinajstić information content (AvgIpc) is 2.40. The molecule has 1 fully saturated rings. The highest BCUT2D eigenvalue weighted by Crippen LogP contribution is 2.26. The molecular formula is C15H20O2S. The zero-order valence-electron chi connectivity index (χ0n) is 10.9. The largest absolute Gasteiger partial charge is 0.496 e. The van der Waals surface area contributed by atoms with Crippen molar-refractivity contribution in [3.8, 4) is 5.75 Å². The van der Waals surface area contributed by atoms with Crippen molar-refractivity contribution < 1.29 is 9.53 Å². The Morgan fingerprint density at radius 1 is 1.33 bits per heavy atom. The van der Waals surface area contributed by atoms with E-state index in [0.717, 1.165) is 17.7 Å². The van der Waals surface area contributed by atoms with Crippen molar-refractivity contribution in [3.63, 3.8) is 0 Å². The first kappa shape index (κ1) is 13.5. The maximum Gasteiger partial charge on any atom is 0.137 e. The summed E-state index contributed by atoms with van der Waals surface area (Å²) in [7, 11) is 1.65. The van der Waals surface area contributed by atoms with Gasteiger partial charge in [-0.2, -0.15) is 11.8 Å². The zero-order valence-corrected chi connectivity index (χ0v) is 11.7. The molecule has 0 bridgehead atoms. The van der Waals surface area contributed by atoms with Crippen LogP contribution in [0.2, 0.25) is 0 Å². The summed E-state index contributed by atoms with van der Waals surface area (Å²) in [4.78, 5) is 12.1. The van der Waals surface area contributed by atoms with Crippen LogP contribution in [0.25, 0.3) is 0 Å². The molecule has 0 amide bonds. The van der Waals surface area contributed by atoms with E-state index in [2.05, 4.69) is 0 Å². The van der Waals surface area contributed by atoms with Crippen LogP contribution < -0.4 is 4.74 Å².